The third-order valence-corrected chi connectivity index (χ3v) is 4.92. The van der Waals surface area contributed by atoms with E-state index in [4.69, 9.17) is 4.42 Å². The highest BCUT2D eigenvalue weighted by Crippen LogP contribution is 2.30. The fraction of sp³-hybridized carbons (Fsp3) is 0.526. The van der Waals surface area contributed by atoms with Crippen LogP contribution in [0.3, 0.4) is 0 Å². The van der Waals surface area contributed by atoms with Crippen molar-refractivity contribution in [2.24, 2.45) is 0 Å². The summed E-state index contributed by atoms with van der Waals surface area (Å²) in [6.07, 6.45) is -2.73. The highest BCUT2D eigenvalue weighted by atomic mass is 19.4. The Kier molecular flexibility index (Phi) is 6.02. The normalized spacial score (nSPS) is 17.5. The molecule has 0 radical (unpaired) electrons. The molecule has 6 nitrogen and oxygen atoms in total. The van der Waals surface area contributed by atoms with Crippen molar-refractivity contribution in [3.8, 4) is 0 Å². The summed E-state index contributed by atoms with van der Waals surface area (Å²) in [6.45, 7) is 1.46. The number of amides is 1. The maximum Gasteiger partial charge on any atom is 0.416 e. The van der Waals surface area contributed by atoms with Crippen LogP contribution in [-0.4, -0.2) is 59.1 Å². The van der Waals surface area contributed by atoms with Gasteiger partial charge < -0.3 is 14.2 Å². The van der Waals surface area contributed by atoms with Crippen LogP contribution in [0.15, 0.2) is 28.7 Å². The van der Waals surface area contributed by atoms with Gasteiger partial charge in [0.1, 0.15) is 0 Å². The van der Waals surface area contributed by atoms with Crippen LogP contribution in [0.25, 0.3) is 0 Å². The number of halogens is 3. The number of likely N-dealkylation sites (N-methyl/N-ethyl adjacent to an activating group) is 1. The zero-order chi connectivity index (χ0) is 20.3. The van der Waals surface area contributed by atoms with Crippen LogP contribution in [-0.2, 0) is 23.8 Å². The second kappa shape index (κ2) is 8.30. The van der Waals surface area contributed by atoms with Gasteiger partial charge in [-0.05, 0) is 32.1 Å². The fourth-order valence-corrected chi connectivity index (χ4v) is 3.25. The number of nitrogens with zero attached hydrogens (tertiary/aromatic N) is 4. The number of carbonyl (C=O) groups excluding carboxylic acids is 1. The second-order valence-corrected chi connectivity index (χ2v) is 7.21. The first-order valence-corrected chi connectivity index (χ1v) is 9.14. The maximum absolute atomic E-state index is 12.8. The zero-order valence-corrected chi connectivity index (χ0v) is 15.9. The molecule has 0 aliphatic carbocycles. The van der Waals surface area contributed by atoms with Crippen LogP contribution < -0.4 is 0 Å². The topological polar surface area (TPSA) is 62.5 Å². The summed E-state index contributed by atoms with van der Waals surface area (Å²) in [7, 11) is 4.01. The molecule has 152 valence electrons. The van der Waals surface area contributed by atoms with Crippen LogP contribution in [0.4, 0.5) is 13.2 Å². The summed E-state index contributed by atoms with van der Waals surface area (Å²) in [5.74, 6) is 0.594. The predicted octanol–water partition coefficient (Wildman–Crippen LogP) is 2.77. The Morgan fingerprint density at radius 1 is 1.29 bits per heavy atom. The number of hydrogen-bond donors (Lipinski definition) is 0. The van der Waals surface area contributed by atoms with Gasteiger partial charge in [0, 0.05) is 32.0 Å². The Balaban J connectivity index is 1.53. The van der Waals surface area contributed by atoms with Crippen molar-refractivity contribution in [2.75, 3.05) is 27.2 Å². The Bertz CT molecular complexity index is 820. The molecule has 0 spiro atoms. The average Bonchev–Trinajstić information content (AvgIpc) is 3.29. The standard InChI is InChI=1S/C19H23F3N4O2/c1-25(2)15-8-9-26(12-15)18(27)7-6-16-23-24-17(28-16)11-13-4-3-5-14(10-13)19(20,21)22/h3-5,10,15H,6-9,11-12H2,1-2H3/t15-/m1/s1. The lowest BCUT2D eigenvalue weighted by atomic mass is 10.1. The van der Waals surface area contributed by atoms with E-state index in [9.17, 15) is 18.0 Å². The smallest absolute Gasteiger partial charge is 0.416 e. The molecule has 0 bridgehead atoms. The van der Waals surface area contributed by atoms with Crippen molar-refractivity contribution in [1.29, 1.82) is 0 Å². The zero-order valence-electron chi connectivity index (χ0n) is 15.9. The van der Waals surface area contributed by atoms with Crippen molar-refractivity contribution in [2.45, 2.75) is 37.9 Å². The molecule has 1 aromatic heterocycles. The molecule has 2 heterocycles. The van der Waals surface area contributed by atoms with E-state index in [1.54, 1.807) is 6.07 Å². The number of rotatable bonds is 6. The molecule has 1 fully saturated rings. The van der Waals surface area contributed by atoms with Crippen LogP contribution >= 0.6 is 0 Å². The molecule has 1 saturated heterocycles. The highest BCUT2D eigenvalue weighted by molar-refractivity contribution is 5.76. The Hall–Kier alpha value is -2.42. The minimum absolute atomic E-state index is 0.0435. The maximum atomic E-state index is 12.8. The summed E-state index contributed by atoms with van der Waals surface area (Å²) in [4.78, 5) is 16.3. The van der Waals surface area contributed by atoms with E-state index in [2.05, 4.69) is 15.1 Å². The van der Waals surface area contributed by atoms with Gasteiger partial charge in [-0.1, -0.05) is 18.2 Å². The summed E-state index contributed by atoms with van der Waals surface area (Å²) >= 11 is 0. The largest absolute Gasteiger partial charge is 0.425 e. The van der Waals surface area contributed by atoms with Gasteiger partial charge in [0.15, 0.2) is 0 Å². The summed E-state index contributed by atoms with van der Waals surface area (Å²) < 4.78 is 43.9. The lowest BCUT2D eigenvalue weighted by molar-refractivity contribution is -0.137. The Morgan fingerprint density at radius 2 is 2.04 bits per heavy atom. The summed E-state index contributed by atoms with van der Waals surface area (Å²) in [6, 6.07) is 5.41. The van der Waals surface area contributed by atoms with Crippen LogP contribution in [0.2, 0.25) is 0 Å². The molecular weight excluding hydrogens is 373 g/mol. The number of hydrogen-bond acceptors (Lipinski definition) is 5. The first kappa shape index (κ1) is 20.3. The van der Waals surface area contributed by atoms with Crippen molar-refractivity contribution in [3.63, 3.8) is 0 Å². The van der Waals surface area contributed by atoms with Crippen LogP contribution in [0.5, 0.6) is 0 Å². The van der Waals surface area contributed by atoms with Gasteiger partial charge >= 0.3 is 6.18 Å². The number of alkyl halides is 3. The quantitative estimate of drug-likeness (QED) is 0.752. The molecule has 2 aromatic rings. The second-order valence-electron chi connectivity index (χ2n) is 7.21. The molecular formula is C19H23F3N4O2. The van der Waals surface area contributed by atoms with Crippen molar-refractivity contribution < 1.29 is 22.4 Å². The Morgan fingerprint density at radius 3 is 2.71 bits per heavy atom. The Labute approximate surface area is 161 Å². The van der Waals surface area contributed by atoms with Gasteiger partial charge in [-0.3, -0.25) is 4.79 Å². The van der Waals surface area contributed by atoms with Gasteiger partial charge in [-0.2, -0.15) is 13.2 Å². The van der Waals surface area contributed by atoms with Gasteiger partial charge in [-0.25, -0.2) is 0 Å². The number of carbonyl (C=O) groups is 1. The lowest BCUT2D eigenvalue weighted by Crippen LogP contribution is -2.34. The van der Waals surface area contributed by atoms with Crippen molar-refractivity contribution in [1.82, 2.24) is 20.0 Å². The molecule has 1 amide bonds. The molecule has 1 aromatic carbocycles. The first-order chi connectivity index (χ1) is 13.2. The molecule has 1 aliphatic rings. The van der Waals surface area contributed by atoms with E-state index in [-0.39, 0.29) is 24.6 Å². The van der Waals surface area contributed by atoms with E-state index >= 15 is 0 Å². The SMILES string of the molecule is CN(C)[C@@H]1CCN(C(=O)CCc2nnc(Cc3cccc(C(F)(F)F)c3)o2)C1. The number of likely N-dealkylation sites (tertiary alicyclic amines) is 1. The van der Waals surface area contributed by atoms with Crippen molar-refractivity contribution in [3.05, 3.63) is 47.2 Å². The molecule has 1 atom stereocenters. The van der Waals surface area contributed by atoms with Gasteiger partial charge in [0.25, 0.3) is 0 Å². The monoisotopic (exact) mass is 396 g/mol. The molecule has 0 unspecified atom stereocenters. The lowest BCUT2D eigenvalue weighted by Gasteiger charge is -2.20. The van der Waals surface area contributed by atoms with E-state index in [1.807, 2.05) is 19.0 Å². The molecule has 0 N–H and O–H groups in total. The number of aryl methyl sites for hydroxylation is 1. The number of aromatic nitrogens is 2. The molecule has 1 aliphatic heterocycles. The van der Waals surface area contributed by atoms with Gasteiger partial charge in [-0.15, -0.1) is 10.2 Å². The van der Waals surface area contributed by atoms with E-state index < -0.39 is 11.7 Å². The minimum atomic E-state index is -4.39. The van der Waals surface area contributed by atoms with E-state index in [0.717, 1.165) is 31.6 Å². The first-order valence-electron chi connectivity index (χ1n) is 9.14. The van der Waals surface area contributed by atoms with Gasteiger partial charge in [0.2, 0.25) is 17.7 Å². The van der Waals surface area contributed by atoms with Crippen LogP contribution in [0.1, 0.15) is 35.7 Å². The third-order valence-electron chi connectivity index (χ3n) is 4.92. The molecule has 9 heteroatoms. The van der Waals surface area contributed by atoms with E-state index in [0.29, 0.717) is 23.9 Å². The molecule has 0 saturated carbocycles. The van der Waals surface area contributed by atoms with Gasteiger partial charge in [0.05, 0.1) is 12.0 Å². The van der Waals surface area contributed by atoms with Crippen LogP contribution in [0, 0.1) is 0 Å². The van der Waals surface area contributed by atoms with E-state index in [1.165, 1.54) is 6.07 Å². The summed E-state index contributed by atoms with van der Waals surface area (Å²) in [5, 5.41) is 7.79. The number of benzene rings is 1. The fourth-order valence-electron chi connectivity index (χ4n) is 3.25. The summed E-state index contributed by atoms with van der Waals surface area (Å²) in [5.41, 5.74) is -0.273. The molecule has 28 heavy (non-hydrogen) atoms. The average molecular weight is 396 g/mol. The predicted molar refractivity (Wildman–Crippen MR) is 95.5 cm³/mol. The molecule has 3 rings (SSSR count). The van der Waals surface area contributed by atoms with Crippen molar-refractivity contribution >= 4 is 5.91 Å². The highest BCUT2D eigenvalue weighted by Gasteiger charge is 2.30. The third kappa shape index (κ3) is 5.09. The minimum Gasteiger partial charge on any atom is -0.425 e.